The minimum absolute atomic E-state index is 0.0791. The van der Waals surface area contributed by atoms with Gasteiger partial charge < -0.3 is 4.90 Å². The van der Waals surface area contributed by atoms with Gasteiger partial charge in [0, 0.05) is 13.5 Å². The highest BCUT2D eigenvalue weighted by atomic mass is 16.7. The standard InChI is InChI=1S/C16H21N3O4/c1-18-12-15(21)19(16(18)22)10-11-23-17-14(20)9-5-8-13-6-3-2-4-7-13/h2-4,6-7H,5,8-12H2,1H3,(H,17,20). The van der Waals surface area contributed by atoms with E-state index in [9.17, 15) is 14.4 Å². The van der Waals surface area contributed by atoms with Gasteiger partial charge in [0.25, 0.3) is 0 Å². The molecule has 2 rings (SSSR count). The van der Waals surface area contributed by atoms with E-state index in [-0.39, 0.29) is 37.5 Å². The summed E-state index contributed by atoms with van der Waals surface area (Å²) in [5, 5.41) is 0. The van der Waals surface area contributed by atoms with Crippen molar-refractivity contribution in [2.75, 3.05) is 26.7 Å². The van der Waals surface area contributed by atoms with Crippen LogP contribution in [0.3, 0.4) is 0 Å². The number of amides is 4. The van der Waals surface area contributed by atoms with Crippen LogP contribution in [0.15, 0.2) is 30.3 Å². The van der Waals surface area contributed by atoms with E-state index in [0.29, 0.717) is 6.42 Å². The fraction of sp³-hybridized carbons (Fsp3) is 0.438. The monoisotopic (exact) mass is 319 g/mol. The number of rotatable bonds is 8. The SMILES string of the molecule is CN1CC(=O)N(CCONC(=O)CCCc2ccccc2)C1=O. The van der Waals surface area contributed by atoms with Crippen molar-refractivity contribution < 1.29 is 19.2 Å². The third-order valence-electron chi connectivity index (χ3n) is 3.55. The van der Waals surface area contributed by atoms with Crippen LogP contribution < -0.4 is 5.48 Å². The molecule has 1 aromatic carbocycles. The van der Waals surface area contributed by atoms with Crippen molar-refractivity contribution in [2.24, 2.45) is 0 Å². The Hall–Kier alpha value is -2.41. The molecule has 4 amide bonds. The Morgan fingerprint density at radius 3 is 2.65 bits per heavy atom. The first-order chi connectivity index (χ1) is 11.1. The molecule has 7 heteroatoms. The number of carbonyl (C=O) groups is 3. The van der Waals surface area contributed by atoms with Gasteiger partial charge in [0.15, 0.2) is 0 Å². The molecule has 1 aromatic rings. The first kappa shape index (κ1) is 17.0. The summed E-state index contributed by atoms with van der Waals surface area (Å²) in [6.07, 6.45) is 1.92. The van der Waals surface area contributed by atoms with Crippen molar-refractivity contribution in [3.05, 3.63) is 35.9 Å². The van der Waals surface area contributed by atoms with Gasteiger partial charge in [0.1, 0.15) is 6.54 Å². The van der Waals surface area contributed by atoms with Crippen LogP contribution in [0, 0.1) is 0 Å². The molecule has 0 saturated carbocycles. The first-order valence-corrected chi connectivity index (χ1v) is 7.58. The van der Waals surface area contributed by atoms with Gasteiger partial charge >= 0.3 is 6.03 Å². The van der Waals surface area contributed by atoms with Crippen LogP contribution in [0.5, 0.6) is 0 Å². The highest BCUT2D eigenvalue weighted by molar-refractivity contribution is 6.01. The summed E-state index contributed by atoms with van der Waals surface area (Å²) in [6, 6.07) is 9.60. The van der Waals surface area contributed by atoms with Gasteiger partial charge in [-0.1, -0.05) is 30.3 Å². The summed E-state index contributed by atoms with van der Waals surface area (Å²) in [7, 11) is 1.57. The predicted octanol–water partition coefficient (Wildman–Crippen LogP) is 0.951. The quantitative estimate of drug-likeness (QED) is 0.439. The van der Waals surface area contributed by atoms with Gasteiger partial charge in [-0.15, -0.1) is 0 Å². The molecule has 1 N–H and O–H groups in total. The zero-order valence-corrected chi connectivity index (χ0v) is 13.2. The molecule has 0 bridgehead atoms. The number of nitrogens with one attached hydrogen (secondary N) is 1. The number of hydroxylamine groups is 1. The van der Waals surface area contributed by atoms with Gasteiger partial charge in [-0.3, -0.25) is 19.3 Å². The summed E-state index contributed by atoms with van der Waals surface area (Å²) in [6.45, 7) is 0.298. The lowest BCUT2D eigenvalue weighted by Crippen LogP contribution is -2.36. The first-order valence-electron chi connectivity index (χ1n) is 7.58. The third-order valence-corrected chi connectivity index (χ3v) is 3.55. The van der Waals surface area contributed by atoms with Crippen LogP contribution in [0.4, 0.5) is 4.79 Å². The van der Waals surface area contributed by atoms with E-state index < -0.39 is 0 Å². The lowest BCUT2D eigenvalue weighted by atomic mass is 10.1. The molecule has 1 aliphatic rings. The number of hydrogen-bond acceptors (Lipinski definition) is 4. The number of urea groups is 1. The van der Waals surface area contributed by atoms with Crippen molar-refractivity contribution in [1.82, 2.24) is 15.3 Å². The van der Waals surface area contributed by atoms with E-state index in [1.807, 2.05) is 30.3 Å². The second-order valence-electron chi connectivity index (χ2n) is 5.40. The summed E-state index contributed by atoms with van der Waals surface area (Å²) in [5.74, 6) is -0.465. The van der Waals surface area contributed by atoms with Gasteiger partial charge in [-0.25, -0.2) is 10.3 Å². The van der Waals surface area contributed by atoms with Crippen molar-refractivity contribution in [3.8, 4) is 0 Å². The average molecular weight is 319 g/mol. The molecule has 0 radical (unpaired) electrons. The summed E-state index contributed by atoms with van der Waals surface area (Å²) >= 11 is 0. The van der Waals surface area contributed by atoms with E-state index in [4.69, 9.17) is 4.84 Å². The van der Waals surface area contributed by atoms with Crippen molar-refractivity contribution in [2.45, 2.75) is 19.3 Å². The summed E-state index contributed by atoms with van der Waals surface area (Å²) in [5.41, 5.74) is 3.52. The zero-order valence-electron chi connectivity index (χ0n) is 13.2. The maximum Gasteiger partial charge on any atom is 0.327 e. The second-order valence-corrected chi connectivity index (χ2v) is 5.40. The number of hydrogen-bond donors (Lipinski definition) is 1. The van der Waals surface area contributed by atoms with E-state index in [1.165, 1.54) is 10.5 Å². The molecular formula is C16H21N3O4. The Morgan fingerprint density at radius 2 is 2.00 bits per heavy atom. The molecule has 1 fully saturated rings. The van der Waals surface area contributed by atoms with E-state index in [2.05, 4.69) is 5.48 Å². The van der Waals surface area contributed by atoms with Crippen LogP contribution in [-0.2, 0) is 20.8 Å². The fourth-order valence-corrected chi connectivity index (χ4v) is 2.31. The van der Waals surface area contributed by atoms with Crippen molar-refractivity contribution in [1.29, 1.82) is 0 Å². The molecule has 0 aliphatic carbocycles. The van der Waals surface area contributed by atoms with Crippen LogP contribution in [0.1, 0.15) is 18.4 Å². The molecule has 0 unspecified atom stereocenters. The third kappa shape index (κ3) is 5.07. The second kappa shape index (κ2) is 8.28. The largest absolute Gasteiger partial charge is 0.327 e. The van der Waals surface area contributed by atoms with E-state index >= 15 is 0 Å². The lowest BCUT2D eigenvalue weighted by molar-refractivity contribution is -0.134. The summed E-state index contributed by atoms with van der Waals surface area (Å²) < 4.78 is 0. The van der Waals surface area contributed by atoms with E-state index in [1.54, 1.807) is 7.05 Å². The minimum atomic E-state index is -0.340. The maximum atomic E-state index is 11.6. The smallest absolute Gasteiger partial charge is 0.318 e. The van der Waals surface area contributed by atoms with Gasteiger partial charge in [0.05, 0.1) is 13.2 Å². The number of benzene rings is 1. The molecule has 1 saturated heterocycles. The fourth-order valence-electron chi connectivity index (χ4n) is 2.31. The highest BCUT2D eigenvalue weighted by Gasteiger charge is 2.32. The maximum absolute atomic E-state index is 11.6. The van der Waals surface area contributed by atoms with Crippen LogP contribution in [0.25, 0.3) is 0 Å². The van der Waals surface area contributed by atoms with Gasteiger partial charge in [0.2, 0.25) is 11.8 Å². The molecule has 0 spiro atoms. The summed E-state index contributed by atoms with van der Waals surface area (Å²) in [4.78, 5) is 42.2. The van der Waals surface area contributed by atoms with Crippen LogP contribution in [0.2, 0.25) is 0 Å². The Balaban J connectivity index is 1.56. The molecular weight excluding hydrogens is 298 g/mol. The van der Waals surface area contributed by atoms with Crippen molar-refractivity contribution in [3.63, 3.8) is 0 Å². The molecule has 7 nitrogen and oxygen atoms in total. The van der Waals surface area contributed by atoms with Crippen LogP contribution >= 0.6 is 0 Å². The Bertz CT molecular complexity index is 562. The predicted molar refractivity (Wildman–Crippen MR) is 83.2 cm³/mol. The number of imide groups is 1. The topological polar surface area (TPSA) is 79.0 Å². The minimum Gasteiger partial charge on any atom is -0.318 e. The number of nitrogens with zero attached hydrogens (tertiary/aromatic N) is 2. The van der Waals surface area contributed by atoms with Gasteiger partial charge in [-0.05, 0) is 18.4 Å². The number of aryl methyl sites for hydroxylation is 1. The Labute approximate surface area is 135 Å². The normalized spacial score (nSPS) is 14.5. The Morgan fingerprint density at radius 1 is 1.26 bits per heavy atom. The highest BCUT2D eigenvalue weighted by Crippen LogP contribution is 2.07. The zero-order chi connectivity index (χ0) is 16.7. The van der Waals surface area contributed by atoms with Crippen LogP contribution in [-0.4, -0.2) is 54.4 Å². The van der Waals surface area contributed by atoms with E-state index in [0.717, 1.165) is 17.7 Å². The molecule has 1 aliphatic heterocycles. The number of likely N-dealkylation sites (N-methyl/N-ethyl adjacent to an activating group) is 1. The van der Waals surface area contributed by atoms with Crippen molar-refractivity contribution >= 4 is 17.8 Å². The van der Waals surface area contributed by atoms with Gasteiger partial charge in [-0.2, -0.15) is 0 Å². The molecule has 0 atom stereocenters. The lowest BCUT2D eigenvalue weighted by Gasteiger charge is -2.14. The molecule has 23 heavy (non-hydrogen) atoms. The molecule has 1 heterocycles. The molecule has 124 valence electrons. The average Bonchev–Trinajstić information content (AvgIpc) is 2.78. The molecule has 0 aromatic heterocycles. The Kier molecular flexibility index (Phi) is 6.10. The number of carbonyl (C=O) groups excluding carboxylic acids is 3.